The van der Waals surface area contributed by atoms with Gasteiger partial charge in [0, 0.05) is 24.2 Å². The lowest BCUT2D eigenvalue weighted by Crippen LogP contribution is -2.66. The molecular formula is C23H22N2O2. The summed E-state index contributed by atoms with van der Waals surface area (Å²) in [6.45, 7) is 2.40. The van der Waals surface area contributed by atoms with E-state index in [9.17, 15) is 9.59 Å². The van der Waals surface area contributed by atoms with Crippen molar-refractivity contribution in [2.75, 3.05) is 11.9 Å². The van der Waals surface area contributed by atoms with Crippen LogP contribution in [-0.2, 0) is 9.59 Å². The number of hydrogen-bond donors (Lipinski definition) is 1. The summed E-state index contributed by atoms with van der Waals surface area (Å²) in [7, 11) is 0. The molecule has 1 heterocycles. The van der Waals surface area contributed by atoms with Crippen molar-refractivity contribution in [1.29, 1.82) is 0 Å². The van der Waals surface area contributed by atoms with Crippen LogP contribution in [0.2, 0.25) is 0 Å². The number of nitrogens with zero attached hydrogens (tertiary/aromatic N) is 1. The van der Waals surface area contributed by atoms with Crippen LogP contribution in [0.4, 0.5) is 5.69 Å². The zero-order valence-electron chi connectivity index (χ0n) is 15.3. The van der Waals surface area contributed by atoms with Gasteiger partial charge in [0.15, 0.2) is 0 Å². The number of nitrogens with one attached hydrogen (secondary N) is 1. The van der Waals surface area contributed by atoms with E-state index in [1.807, 2.05) is 42.5 Å². The lowest BCUT2D eigenvalue weighted by Gasteiger charge is -2.49. The summed E-state index contributed by atoms with van der Waals surface area (Å²) in [5.74, 6) is 2.32. The van der Waals surface area contributed by atoms with Crippen LogP contribution in [-0.4, -0.2) is 28.8 Å². The van der Waals surface area contributed by atoms with Gasteiger partial charge < -0.3 is 10.2 Å². The Hall–Kier alpha value is -3.32. The normalized spacial score (nSPS) is 18.6. The van der Waals surface area contributed by atoms with Crippen LogP contribution in [0.1, 0.15) is 30.9 Å². The minimum Gasteiger partial charge on any atom is -0.328 e. The monoisotopic (exact) mass is 358 g/mol. The molecular weight excluding hydrogens is 336 g/mol. The number of anilines is 1. The average molecular weight is 358 g/mol. The lowest BCUT2D eigenvalue weighted by molar-refractivity contribution is -0.154. The maximum absolute atomic E-state index is 12.7. The Balaban J connectivity index is 1.60. The van der Waals surface area contributed by atoms with E-state index in [1.54, 1.807) is 36.1 Å². The predicted octanol–water partition coefficient (Wildman–Crippen LogP) is 3.70. The second kappa shape index (κ2) is 7.92. The first-order valence-electron chi connectivity index (χ1n) is 8.93. The Morgan fingerprint density at radius 1 is 1.19 bits per heavy atom. The fraction of sp³-hybridized carbons (Fsp3) is 0.217. The van der Waals surface area contributed by atoms with Gasteiger partial charge in [0.25, 0.3) is 0 Å². The van der Waals surface area contributed by atoms with Crippen molar-refractivity contribution in [2.45, 2.75) is 25.3 Å². The number of likely N-dealkylation sites (tertiary alicyclic amines) is 1. The van der Waals surface area contributed by atoms with E-state index in [-0.39, 0.29) is 18.2 Å². The first-order chi connectivity index (χ1) is 13.0. The molecule has 0 saturated carbocycles. The van der Waals surface area contributed by atoms with Gasteiger partial charge in [-0.1, -0.05) is 48.4 Å². The SMILES string of the molecule is C#Cc1ccc(NC(=O)C2(C)CCN2C(=O)C/C=C/c2ccccc2)cc1. The van der Waals surface area contributed by atoms with Crippen molar-refractivity contribution in [1.82, 2.24) is 4.90 Å². The number of amides is 2. The molecule has 27 heavy (non-hydrogen) atoms. The van der Waals surface area contributed by atoms with Crippen molar-refractivity contribution >= 4 is 23.6 Å². The zero-order valence-corrected chi connectivity index (χ0v) is 15.3. The second-order valence-electron chi connectivity index (χ2n) is 6.76. The lowest BCUT2D eigenvalue weighted by atomic mass is 9.85. The van der Waals surface area contributed by atoms with E-state index in [4.69, 9.17) is 6.42 Å². The minimum atomic E-state index is -0.817. The highest BCUT2D eigenvalue weighted by Crippen LogP contribution is 2.32. The number of hydrogen-bond acceptors (Lipinski definition) is 2. The molecule has 0 bridgehead atoms. The van der Waals surface area contributed by atoms with Gasteiger partial charge >= 0.3 is 0 Å². The number of benzene rings is 2. The smallest absolute Gasteiger partial charge is 0.250 e. The Morgan fingerprint density at radius 2 is 1.89 bits per heavy atom. The summed E-state index contributed by atoms with van der Waals surface area (Å²) in [4.78, 5) is 26.9. The van der Waals surface area contributed by atoms with Gasteiger partial charge in [-0.2, -0.15) is 0 Å². The third-order valence-corrected chi connectivity index (χ3v) is 4.92. The van der Waals surface area contributed by atoms with Crippen LogP contribution in [0.25, 0.3) is 6.08 Å². The number of terminal acetylenes is 1. The Bertz CT molecular complexity index is 894. The Morgan fingerprint density at radius 3 is 2.48 bits per heavy atom. The van der Waals surface area contributed by atoms with E-state index in [0.717, 1.165) is 11.1 Å². The highest BCUT2D eigenvalue weighted by Gasteiger charge is 2.48. The Labute approximate surface area is 159 Å². The molecule has 1 atom stereocenters. The van der Waals surface area contributed by atoms with E-state index < -0.39 is 5.54 Å². The van der Waals surface area contributed by atoms with Crippen molar-refractivity contribution in [3.63, 3.8) is 0 Å². The quantitative estimate of drug-likeness (QED) is 0.829. The van der Waals surface area contributed by atoms with Crippen molar-refractivity contribution in [2.24, 2.45) is 0 Å². The molecule has 4 heteroatoms. The highest BCUT2D eigenvalue weighted by atomic mass is 16.2. The van der Waals surface area contributed by atoms with Crippen LogP contribution in [0.3, 0.4) is 0 Å². The molecule has 2 amide bonds. The molecule has 0 aromatic heterocycles. The molecule has 4 nitrogen and oxygen atoms in total. The van der Waals surface area contributed by atoms with Crippen LogP contribution in [0.15, 0.2) is 60.7 Å². The first-order valence-corrected chi connectivity index (χ1v) is 8.93. The number of carbonyl (C=O) groups excluding carboxylic acids is 2. The van der Waals surface area contributed by atoms with Crippen LogP contribution in [0.5, 0.6) is 0 Å². The maximum Gasteiger partial charge on any atom is 0.250 e. The first kappa shape index (κ1) is 18.5. The van der Waals surface area contributed by atoms with E-state index in [0.29, 0.717) is 18.7 Å². The summed E-state index contributed by atoms with van der Waals surface area (Å²) in [5, 5.41) is 2.88. The van der Waals surface area contributed by atoms with E-state index >= 15 is 0 Å². The molecule has 1 saturated heterocycles. The molecule has 1 fully saturated rings. The standard InChI is InChI=1S/C23H22N2O2/c1-3-18-12-14-20(15-13-18)24-22(27)23(2)16-17-25(23)21(26)11-7-10-19-8-5-4-6-9-19/h1,4-10,12-15H,11,16-17H2,2H3,(H,24,27)/b10-7+. The van der Waals surface area contributed by atoms with E-state index in [2.05, 4.69) is 11.2 Å². The van der Waals surface area contributed by atoms with Crippen molar-refractivity contribution < 1.29 is 9.59 Å². The molecule has 136 valence electrons. The number of carbonyl (C=O) groups is 2. The van der Waals surface area contributed by atoms with E-state index in [1.165, 1.54) is 0 Å². The van der Waals surface area contributed by atoms with Crippen molar-refractivity contribution in [3.05, 3.63) is 71.8 Å². The van der Waals surface area contributed by atoms with Crippen LogP contribution >= 0.6 is 0 Å². The predicted molar refractivity (Wildman–Crippen MR) is 108 cm³/mol. The van der Waals surface area contributed by atoms with Crippen LogP contribution < -0.4 is 5.32 Å². The van der Waals surface area contributed by atoms with Gasteiger partial charge in [0.2, 0.25) is 11.8 Å². The van der Waals surface area contributed by atoms with Gasteiger partial charge in [0.1, 0.15) is 5.54 Å². The molecule has 1 aliphatic rings. The summed E-state index contributed by atoms with van der Waals surface area (Å²) in [6, 6.07) is 16.9. The van der Waals surface area contributed by atoms with Gasteiger partial charge in [-0.15, -0.1) is 6.42 Å². The molecule has 2 aromatic carbocycles. The third kappa shape index (κ3) is 4.09. The summed E-state index contributed by atoms with van der Waals surface area (Å²) >= 11 is 0. The molecule has 0 radical (unpaired) electrons. The molecule has 1 aliphatic heterocycles. The third-order valence-electron chi connectivity index (χ3n) is 4.92. The minimum absolute atomic E-state index is 0.0474. The van der Waals surface area contributed by atoms with Gasteiger partial charge in [0.05, 0.1) is 0 Å². The summed E-state index contributed by atoms with van der Waals surface area (Å²) in [5.41, 5.74) is 1.65. The zero-order chi connectivity index (χ0) is 19.3. The van der Waals surface area contributed by atoms with Gasteiger partial charge in [-0.3, -0.25) is 9.59 Å². The summed E-state index contributed by atoms with van der Waals surface area (Å²) in [6.07, 6.45) is 10.0. The van der Waals surface area contributed by atoms with Gasteiger partial charge in [-0.05, 0) is 43.2 Å². The topological polar surface area (TPSA) is 49.4 Å². The fourth-order valence-electron chi connectivity index (χ4n) is 3.08. The molecule has 3 rings (SSSR count). The molecule has 2 aromatic rings. The fourth-order valence-corrected chi connectivity index (χ4v) is 3.08. The second-order valence-corrected chi connectivity index (χ2v) is 6.76. The van der Waals surface area contributed by atoms with Crippen molar-refractivity contribution in [3.8, 4) is 12.3 Å². The average Bonchev–Trinajstić information content (AvgIpc) is 2.68. The Kier molecular flexibility index (Phi) is 5.42. The van der Waals surface area contributed by atoms with Gasteiger partial charge in [-0.25, -0.2) is 0 Å². The molecule has 1 unspecified atom stereocenters. The highest BCUT2D eigenvalue weighted by molar-refractivity contribution is 6.01. The largest absolute Gasteiger partial charge is 0.328 e. The molecule has 1 N–H and O–H groups in total. The molecule has 0 spiro atoms. The summed E-state index contributed by atoms with van der Waals surface area (Å²) < 4.78 is 0. The van der Waals surface area contributed by atoms with Crippen LogP contribution in [0, 0.1) is 12.3 Å². The maximum atomic E-state index is 12.7. The molecule has 0 aliphatic carbocycles. The number of rotatable bonds is 5.